The number of carbonyl (C=O) groups is 2. The molecule has 0 bridgehead atoms. The molecule has 12 heavy (non-hydrogen) atoms. The Labute approximate surface area is 80.6 Å². The van der Waals surface area contributed by atoms with Gasteiger partial charge in [-0.3, -0.25) is 9.59 Å². The summed E-state index contributed by atoms with van der Waals surface area (Å²) in [6.07, 6.45) is 0. The molecule has 0 aliphatic heterocycles. The van der Waals surface area contributed by atoms with Crippen molar-refractivity contribution in [3.63, 3.8) is 0 Å². The van der Waals surface area contributed by atoms with Crippen molar-refractivity contribution in [1.82, 2.24) is 10.6 Å². The third-order valence-electron chi connectivity index (χ3n) is 0.996. The Morgan fingerprint density at radius 1 is 1.25 bits per heavy atom. The summed E-state index contributed by atoms with van der Waals surface area (Å²) < 4.78 is 0. The van der Waals surface area contributed by atoms with Crippen molar-refractivity contribution >= 4 is 35.0 Å². The zero-order valence-corrected chi connectivity index (χ0v) is 8.08. The van der Waals surface area contributed by atoms with Crippen molar-refractivity contribution in [1.29, 1.82) is 0 Å². The van der Waals surface area contributed by atoms with Crippen molar-refractivity contribution < 1.29 is 9.59 Å². The molecule has 0 fully saturated rings. The van der Waals surface area contributed by atoms with Gasteiger partial charge in [0, 0.05) is 20.0 Å². The molecule has 0 aliphatic carbocycles. The first-order valence-corrected chi connectivity index (χ1v) is 4.21. The van der Waals surface area contributed by atoms with E-state index in [4.69, 9.17) is 23.2 Å². The maximum Gasteiger partial charge on any atom is 0.253 e. The van der Waals surface area contributed by atoms with Crippen LogP contribution < -0.4 is 10.6 Å². The number of alkyl halides is 2. The van der Waals surface area contributed by atoms with E-state index in [2.05, 4.69) is 10.6 Å². The minimum atomic E-state index is -1.05. The van der Waals surface area contributed by atoms with Crippen LogP contribution in [0.4, 0.5) is 0 Å². The van der Waals surface area contributed by atoms with E-state index in [9.17, 15) is 9.59 Å². The summed E-state index contributed by atoms with van der Waals surface area (Å²) in [4.78, 5) is 20.0. The summed E-state index contributed by atoms with van der Waals surface area (Å²) in [5, 5.41) is 4.92. The molecule has 0 heterocycles. The molecule has 70 valence electrons. The van der Waals surface area contributed by atoms with Gasteiger partial charge in [-0.15, -0.1) is 0 Å². The van der Waals surface area contributed by atoms with Crippen LogP contribution in [0.25, 0.3) is 0 Å². The van der Waals surface area contributed by atoms with E-state index in [-0.39, 0.29) is 5.91 Å². The molecule has 0 radical (unpaired) electrons. The fourth-order valence-electron chi connectivity index (χ4n) is 0.501. The Bertz CT molecular complexity index is 173. The van der Waals surface area contributed by atoms with Gasteiger partial charge in [0.1, 0.15) is 0 Å². The van der Waals surface area contributed by atoms with Crippen LogP contribution in [-0.4, -0.2) is 29.7 Å². The highest BCUT2D eigenvalue weighted by Gasteiger charge is 2.09. The largest absolute Gasteiger partial charge is 0.355 e. The Balaban J connectivity index is 3.32. The highest BCUT2D eigenvalue weighted by Crippen LogP contribution is 1.99. The molecule has 6 heteroatoms. The van der Waals surface area contributed by atoms with Gasteiger partial charge >= 0.3 is 0 Å². The average Bonchev–Trinajstić information content (AvgIpc) is 1.97. The van der Waals surface area contributed by atoms with Crippen LogP contribution in [0.5, 0.6) is 0 Å². The third kappa shape index (κ3) is 6.24. The first kappa shape index (κ1) is 11.5. The first-order valence-electron chi connectivity index (χ1n) is 3.34. The van der Waals surface area contributed by atoms with E-state index >= 15 is 0 Å². The summed E-state index contributed by atoms with van der Waals surface area (Å²) in [7, 11) is 0. The molecular weight excluding hydrogens is 203 g/mol. The van der Waals surface area contributed by atoms with Gasteiger partial charge < -0.3 is 10.6 Å². The minimum Gasteiger partial charge on any atom is -0.355 e. The number of hydrogen-bond donors (Lipinski definition) is 2. The van der Waals surface area contributed by atoms with Gasteiger partial charge in [0.15, 0.2) is 4.84 Å². The van der Waals surface area contributed by atoms with Crippen LogP contribution in [0.1, 0.15) is 6.92 Å². The standard InChI is InChI=1S/C6H10Cl2N2O2/c1-4(11)9-2-3-10-6(12)5(7)8/h5H,2-3H2,1H3,(H,9,11)(H,10,12). The topological polar surface area (TPSA) is 58.2 Å². The van der Waals surface area contributed by atoms with E-state index < -0.39 is 10.7 Å². The second-order valence-electron chi connectivity index (χ2n) is 2.07. The summed E-state index contributed by atoms with van der Waals surface area (Å²) in [5.41, 5.74) is 0. The van der Waals surface area contributed by atoms with Crippen LogP contribution in [0.2, 0.25) is 0 Å². The van der Waals surface area contributed by atoms with Crippen molar-refractivity contribution in [2.75, 3.05) is 13.1 Å². The van der Waals surface area contributed by atoms with Crippen LogP contribution in [0.15, 0.2) is 0 Å². The number of nitrogens with one attached hydrogen (secondary N) is 2. The van der Waals surface area contributed by atoms with Gasteiger partial charge in [-0.2, -0.15) is 0 Å². The third-order valence-corrected chi connectivity index (χ3v) is 1.39. The molecule has 2 amide bonds. The fourth-order valence-corrected chi connectivity index (χ4v) is 0.656. The molecule has 0 aromatic carbocycles. The van der Waals surface area contributed by atoms with E-state index in [1.165, 1.54) is 6.92 Å². The van der Waals surface area contributed by atoms with Gasteiger partial charge in [0.25, 0.3) is 5.91 Å². The molecule has 2 N–H and O–H groups in total. The average molecular weight is 213 g/mol. The number of rotatable bonds is 4. The minimum absolute atomic E-state index is 0.141. The van der Waals surface area contributed by atoms with Crippen molar-refractivity contribution in [2.45, 2.75) is 11.8 Å². The second kappa shape index (κ2) is 6.08. The highest BCUT2D eigenvalue weighted by molar-refractivity contribution is 6.53. The lowest BCUT2D eigenvalue weighted by molar-refractivity contribution is -0.121. The van der Waals surface area contributed by atoms with Crippen molar-refractivity contribution in [2.24, 2.45) is 0 Å². The maximum atomic E-state index is 10.7. The molecule has 0 saturated heterocycles. The Morgan fingerprint density at radius 3 is 2.17 bits per heavy atom. The van der Waals surface area contributed by atoms with Gasteiger partial charge in [0.2, 0.25) is 5.91 Å². The van der Waals surface area contributed by atoms with Gasteiger partial charge in [-0.25, -0.2) is 0 Å². The Kier molecular flexibility index (Phi) is 5.84. The molecule has 4 nitrogen and oxygen atoms in total. The van der Waals surface area contributed by atoms with E-state index in [1.807, 2.05) is 0 Å². The normalized spacial score (nSPS) is 9.67. The van der Waals surface area contributed by atoms with E-state index in [1.54, 1.807) is 0 Å². The molecule has 0 aliphatic rings. The lowest BCUT2D eigenvalue weighted by Gasteiger charge is -2.04. The Hall–Kier alpha value is -0.480. The molecule has 0 spiro atoms. The summed E-state index contributed by atoms with van der Waals surface area (Å²) >= 11 is 10.5. The monoisotopic (exact) mass is 212 g/mol. The summed E-state index contributed by atoms with van der Waals surface area (Å²) in [5.74, 6) is -0.596. The van der Waals surface area contributed by atoms with E-state index in [0.29, 0.717) is 13.1 Å². The molecule has 0 rings (SSSR count). The molecule has 0 aromatic rings. The first-order chi connectivity index (χ1) is 5.54. The van der Waals surface area contributed by atoms with Crippen molar-refractivity contribution in [3.8, 4) is 0 Å². The lowest BCUT2D eigenvalue weighted by atomic mass is 10.5. The number of halogens is 2. The maximum absolute atomic E-state index is 10.7. The van der Waals surface area contributed by atoms with Crippen LogP contribution >= 0.6 is 23.2 Å². The molecule has 0 unspecified atom stereocenters. The predicted octanol–water partition coefficient (Wildman–Crippen LogP) is 0.0424. The van der Waals surface area contributed by atoms with Gasteiger partial charge in [-0.05, 0) is 0 Å². The van der Waals surface area contributed by atoms with Gasteiger partial charge in [-0.1, -0.05) is 23.2 Å². The molecule has 0 atom stereocenters. The zero-order chi connectivity index (χ0) is 9.56. The highest BCUT2D eigenvalue weighted by atomic mass is 35.5. The molecule has 0 aromatic heterocycles. The lowest BCUT2D eigenvalue weighted by Crippen LogP contribution is -2.36. The molecule has 0 saturated carbocycles. The summed E-state index contributed by atoms with van der Waals surface area (Å²) in [6, 6.07) is 0. The smallest absolute Gasteiger partial charge is 0.253 e. The number of amides is 2. The van der Waals surface area contributed by atoms with Crippen LogP contribution in [-0.2, 0) is 9.59 Å². The molecular formula is C6H10Cl2N2O2. The van der Waals surface area contributed by atoms with Crippen LogP contribution in [0, 0.1) is 0 Å². The predicted molar refractivity (Wildman–Crippen MR) is 47.2 cm³/mol. The Morgan fingerprint density at radius 2 is 1.75 bits per heavy atom. The number of carbonyl (C=O) groups excluding carboxylic acids is 2. The quantitative estimate of drug-likeness (QED) is 0.511. The second-order valence-corrected chi connectivity index (χ2v) is 3.17. The zero-order valence-electron chi connectivity index (χ0n) is 6.56. The van der Waals surface area contributed by atoms with E-state index in [0.717, 1.165) is 0 Å². The fraction of sp³-hybridized carbons (Fsp3) is 0.667. The summed E-state index contributed by atoms with van der Waals surface area (Å²) in [6.45, 7) is 2.10. The van der Waals surface area contributed by atoms with Crippen molar-refractivity contribution in [3.05, 3.63) is 0 Å². The number of hydrogen-bond acceptors (Lipinski definition) is 2. The van der Waals surface area contributed by atoms with Crippen LogP contribution in [0.3, 0.4) is 0 Å². The SMILES string of the molecule is CC(=O)NCCNC(=O)C(Cl)Cl. The van der Waals surface area contributed by atoms with Gasteiger partial charge in [0.05, 0.1) is 0 Å².